The van der Waals surface area contributed by atoms with Crippen LogP contribution in [0.3, 0.4) is 0 Å². The maximum Gasteiger partial charge on any atom is 0.416 e. The maximum atomic E-state index is 13.8. The Bertz CT molecular complexity index is 1200. The third-order valence-electron chi connectivity index (χ3n) is 7.42. The zero-order valence-electron chi connectivity index (χ0n) is 22.1. The zero-order chi connectivity index (χ0) is 27.8. The molecule has 2 fully saturated rings. The Hall–Kier alpha value is -2.85. The van der Waals surface area contributed by atoms with E-state index in [9.17, 15) is 22.8 Å². The van der Waals surface area contributed by atoms with Crippen molar-refractivity contribution in [2.45, 2.75) is 44.8 Å². The van der Waals surface area contributed by atoms with Crippen LogP contribution in [0, 0.1) is 12.8 Å². The lowest BCUT2D eigenvalue weighted by Crippen LogP contribution is -2.46. The number of alkyl halides is 3. The van der Waals surface area contributed by atoms with Gasteiger partial charge in [0.15, 0.2) is 0 Å². The highest BCUT2D eigenvalue weighted by atomic mass is 35.5. The van der Waals surface area contributed by atoms with Crippen molar-refractivity contribution < 1.29 is 22.8 Å². The summed E-state index contributed by atoms with van der Waals surface area (Å²) in [5.74, 6) is -0.533. The molecule has 2 aromatic rings. The molecule has 1 aromatic carbocycles. The molecule has 0 N–H and O–H groups in total. The molecule has 2 aliphatic heterocycles. The van der Waals surface area contributed by atoms with Crippen molar-refractivity contribution >= 4 is 40.6 Å². The minimum absolute atomic E-state index is 0.0413. The number of rotatable bonds is 6. The van der Waals surface area contributed by atoms with Crippen molar-refractivity contribution in [1.29, 1.82) is 0 Å². The van der Waals surface area contributed by atoms with Gasteiger partial charge < -0.3 is 14.7 Å². The second-order valence-corrected chi connectivity index (χ2v) is 10.7. The van der Waals surface area contributed by atoms with Gasteiger partial charge in [-0.1, -0.05) is 17.7 Å². The molecule has 7 nitrogen and oxygen atoms in total. The number of aromatic nitrogens is 1. The predicted octanol–water partition coefficient (Wildman–Crippen LogP) is 5.00. The summed E-state index contributed by atoms with van der Waals surface area (Å²) >= 11 is 6.63. The van der Waals surface area contributed by atoms with Gasteiger partial charge in [-0.05, 0) is 76.5 Å². The van der Waals surface area contributed by atoms with E-state index >= 15 is 0 Å². The minimum atomic E-state index is -4.60. The Balaban J connectivity index is 1.61. The summed E-state index contributed by atoms with van der Waals surface area (Å²) < 4.78 is 40.4. The van der Waals surface area contributed by atoms with Crippen molar-refractivity contribution in [2.24, 2.45) is 5.92 Å². The largest absolute Gasteiger partial charge is 0.416 e. The molecule has 0 aliphatic carbocycles. The first-order valence-corrected chi connectivity index (χ1v) is 13.1. The molecular formula is C27H33ClF3N5O2. The summed E-state index contributed by atoms with van der Waals surface area (Å²) in [6.45, 7) is 4.26. The third kappa shape index (κ3) is 5.91. The Morgan fingerprint density at radius 2 is 1.84 bits per heavy atom. The van der Waals surface area contributed by atoms with E-state index in [-0.39, 0.29) is 24.4 Å². The number of nitrogens with zero attached hydrogens (tertiary/aromatic N) is 5. The molecule has 0 radical (unpaired) electrons. The van der Waals surface area contributed by atoms with Gasteiger partial charge in [0.1, 0.15) is 11.9 Å². The number of halogens is 4. The fourth-order valence-electron chi connectivity index (χ4n) is 5.36. The molecule has 0 bridgehead atoms. The molecule has 4 rings (SSSR count). The first kappa shape index (κ1) is 28.2. The van der Waals surface area contributed by atoms with Crippen LogP contribution in [0.25, 0.3) is 0 Å². The summed E-state index contributed by atoms with van der Waals surface area (Å²) in [6.07, 6.45) is -2.24. The van der Waals surface area contributed by atoms with E-state index < -0.39 is 29.6 Å². The van der Waals surface area contributed by atoms with Gasteiger partial charge in [-0.2, -0.15) is 13.2 Å². The number of para-hydroxylation sites is 1. The second-order valence-electron chi connectivity index (χ2n) is 10.3. The average molecular weight is 552 g/mol. The normalized spacial score (nSPS) is 19.2. The SMILES string of the molecule is Cc1cc(C(F)(F)F)cc(N2C(=O)CCC2C(=O)N(C)c2cccc(Cl)c2N(C)CC2CCN(C)CC2)n1. The third-order valence-corrected chi connectivity index (χ3v) is 7.73. The summed E-state index contributed by atoms with van der Waals surface area (Å²) in [5.41, 5.74) is 0.479. The molecule has 11 heteroatoms. The maximum absolute atomic E-state index is 13.8. The van der Waals surface area contributed by atoms with Crippen LogP contribution in [0.15, 0.2) is 30.3 Å². The smallest absolute Gasteiger partial charge is 0.371 e. The van der Waals surface area contributed by atoms with Crippen molar-refractivity contribution in [3.05, 3.63) is 46.6 Å². The Kier molecular flexibility index (Phi) is 8.23. The van der Waals surface area contributed by atoms with Crippen LogP contribution in [0.1, 0.15) is 36.9 Å². The number of likely N-dealkylation sites (N-methyl/N-ethyl adjacent to an activating group) is 1. The highest BCUT2D eigenvalue weighted by molar-refractivity contribution is 6.34. The zero-order valence-corrected chi connectivity index (χ0v) is 22.8. The van der Waals surface area contributed by atoms with E-state index in [0.29, 0.717) is 22.3 Å². The van der Waals surface area contributed by atoms with Crippen molar-refractivity contribution in [1.82, 2.24) is 9.88 Å². The number of amides is 2. The highest BCUT2D eigenvalue weighted by Gasteiger charge is 2.41. The van der Waals surface area contributed by atoms with Gasteiger partial charge in [-0.3, -0.25) is 14.5 Å². The van der Waals surface area contributed by atoms with Gasteiger partial charge in [-0.15, -0.1) is 0 Å². The molecule has 1 atom stereocenters. The monoisotopic (exact) mass is 551 g/mol. The van der Waals surface area contributed by atoms with E-state index in [1.54, 1.807) is 25.2 Å². The van der Waals surface area contributed by atoms with Gasteiger partial charge in [0, 0.05) is 32.8 Å². The van der Waals surface area contributed by atoms with E-state index in [0.717, 1.165) is 49.5 Å². The van der Waals surface area contributed by atoms with Gasteiger partial charge in [-0.25, -0.2) is 4.98 Å². The topological polar surface area (TPSA) is 60.0 Å². The van der Waals surface area contributed by atoms with Crippen LogP contribution in [-0.2, 0) is 15.8 Å². The molecule has 2 saturated heterocycles. The lowest BCUT2D eigenvalue weighted by molar-refractivity contribution is -0.137. The Morgan fingerprint density at radius 3 is 2.50 bits per heavy atom. The summed E-state index contributed by atoms with van der Waals surface area (Å²) in [7, 11) is 5.66. The van der Waals surface area contributed by atoms with Crippen molar-refractivity contribution in [3.63, 3.8) is 0 Å². The van der Waals surface area contributed by atoms with Crippen LogP contribution < -0.4 is 14.7 Å². The van der Waals surface area contributed by atoms with Gasteiger partial charge in [0.05, 0.1) is 22.0 Å². The van der Waals surface area contributed by atoms with Gasteiger partial charge in [0.25, 0.3) is 0 Å². The fraction of sp³-hybridized carbons (Fsp3) is 0.519. The molecule has 38 heavy (non-hydrogen) atoms. The molecular weight excluding hydrogens is 519 g/mol. The summed E-state index contributed by atoms with van der Waals surface area (Å²) in [6, 6.07) is 6.09. The molecule has 0 spiro atoms. The number of carbonyl (C=O) groups excluding carboxylic acids is 2. The van der Waals surface area contributed by atoms with E-state index in [1.807, 2.05) is 7.05 Å². The Morgan fingerprint density at radius 1 is 1.16 bits per heavy atom. The first-order chi connectivity index (χ1) is 17.9. The summed E-state index contributed by atoms with van der Waals surface area (Å²) in [4.78, 5) is 37.7. The second kappa shape index (κ2) is 11.1. The highest BCUT2D eigenvalue weighted by Crippen LogP contribution is 2.38. The Labute approximate surface area is 226 Å². The summed E-state index contributed by atoms with van der Waals surface area (Å²) in [5, 5.41) is 0.493. The number of pyridine rings is 1. The number of hydrogen-bond acceptors (Lipinski definition) is 5. The van der Waals surface area contributed by atoms with E-state index in [1.165, 1.54) is 11.8 Å². The average Bonchev–Trinajstić information content (AvgIpc) is 3.24. The molecule has 0 saturated carbocycles. The molecule has 2 amide bonds. The number of aryl methyl sites for hydroxylation is 1. The van der Waals surface area contributed by atoms with Crippen LogP contribution in [-0.4, -0.2) is 68.5 Å². The molecule has 206 valence electrons. The lowest BCUT2D eigenvalue weighted by atomic mass is 9.96. The standard InChI is InChI=1S/C27H33ClF3N5O2/c1-17-14-19(27(29,30)31)15-23(32-17)36-22(8-9-24(36)37)26(38)35(4)21-7-5-6-20(28)25(21)34(3)16-18-10-12-33(2)13-11-18/h5-7,14-15,18,22H,8-13,16H2,1-4H3. The molecule has 3 heterocycles. The number of carbonyl (C=O) groups is 2. The number of likely N-dealkylation sites (tertiary alicyclic amines) is 1. The van der Waals surface area contributed by atoms with Gasteiger partial charge >= 0.3 is 6.18 Å². The van der Waals surface area contributed by atoms with Crippen LogP contribution in [0.5, 0.6) is 0 Å². The van der Waals surface area contributed by atoms with E-state index in [4.69, 9.17) is 11.6 Å². The number of anilines is 3. The van der Waals surface area contributed by atoms with Crippen molar-refractivity contribution in [2.75, 3.05) is 55.5 Å². The van der Waals surface area contributed by atoms with Crippen molar-refractivity contribution in [3.8, 4) is 0 Å². The number of benzene rings is 1. The minimum Gasteiger partial charge on any atom is -0.371 e. The predicted molar refractivity (Wildman–Crippen MR) is 143 cm³/mol. The van der Waals surface area contributed by atoms with Crippen LogP contribution >= 0.6 is 11.6 Å². The molecule has 2 aliphatic rings. The van der Waals surface area contributed by atoms with Gasteiger partial charge in [0.2, 0.25) is 11.8 Å². The van der Waals surface area contributed by atoms with Crippen LogP contribution in [0.4, 0.5) is 30.4 Å². The lowest BCUT2D eigenvalue weighted by Gasteiger charge is -2.35. The van der Waals surface area contributed by atoms with Crippen LogP contribution in [0.2, 0.25) is 5.02 Å². The number of piperidine rings is 1. The molecule has 1 aromatic heterocycles. The quantitative estimate of drug-likeness (QED) is 0.506. The number of hydrogen-bond donors (Lipinski definition) is 0. The fourth-order valence-corrected chi connectivity index (χ4v) is 5.67. The van der Waals surface area contributed by atoms with E-state index in [2.05, 4.69) is 21.8 Å². The first-order valence-electron chi connectivity index (χ1n) is 12.7. The molecule has 1 unspecified atom stereocenters.